The van der Waals surface area contributed by atoms with Crippen molar-refractivity contribution in [3.63, 3.8) is 0 Å². The number of benzene rings is 1. The van der Waals surface area contributed by atoms with E-state index in [0.29, 0.717) is 12.5 Å². The third kappa shape index (κ3) is 3.07. The third-order valence-electron chi connectivity index (χ3n) is 6.70. The van der Waals surface area contributed by atoms with Crippen LogP contribution in [0.1, 0.15) is 31.4 Å². The standard InChI is InChI=1S/C24H24N6O/c1-27-22-20-14-28-21(24(8-9-24)23(26)31)12-18(20)19(13-29-22)15-2-4-16(5-3-15)30-11-7-17(30)6-10-25/h2-5,12-14,17H,6-9,11H2,1H3,(H2,26,31)(H,27,29). The smallest absolute Gasteiger partial charge is 0.229 e. The second-order valence-electron chi connectivity index (χ2n) is 8.38. The van der Waals surface area contributed by atoms with Crippen molar-refractivity contribution in [2.24, 2.45) is 5.73 Å². The predicted octanol–water partition coefficient (Wildman–Crippen LogP) is 3.35. The van der Waals surface area contributed by atoms with Crippen LogP contribution in [-0.4, -0.2) is 35.5 Å². The van der Waals surface area contributed by atoms with Gasteiger partial charge in [0.1, 0.15) is 5.82 Å². The molecule has 1 unspecified atom stereocenters. The topological polar surface area (TPSA) is 108 Å². The van der Waals surface area contributed by atoms with Crippen molar-refractivity contribution in [3.05, 3.63) is 48.4 Å². The fourth-order valence-corrected chi connectivity index (χ4v) is 4.51. The fourth-order valence-electron chi connectivity index (χ4n) is 4.51. The van der Waals surface area contributed by atoms with E-state index in [1.807, 2.05) is 19.3 Å². The molecule has 1 saturated heterocycles. The lowest BCUT2D eigenvalue weighted by molar-refractivity contribution is -0.120. The van der Waals surface area contributed by atoms with Crippen LogP contribution in [0.4, 0.5) is 11.5 Å². The summed E-state index contributed by atoms with van der Waals surface area (Å²) in [6.07, 6.45) is 6.75. The zero-order valence-corrected chi connectivity index (χ0v) is 17.4. The first-order valence-corrected chi connectivity index (χ1v) is 10.6. The summed E-state index contributed by atoms with van der Waals surface area (Å²) < 4.78 is 0. The van der Waals surface area contributed by atoms with Gasteiger partial charge in [0.15, 0.2) is 0 Å². The number of pyridine rings is 2. The normalized spacial score (nSPS) is 18.8. The fraction of sp³-hybridized carbons (Fsp3) is 0.333. The van der Waals surface area contributed by atoms with Gasteiger partial charge in [0.25, 0.3) is 0 Å². The number of rotatable bonds is 6. The molecular weight excluding hydrogens is 388 g/mol. The molecule has 3 N–H and O–H groups in total. The molecule has 1 aromatic carbocycles. The molecule has 5 rings (SSSR count). The second kappa shape index (κ2) is 7.24. The molecule has 1 saturated carbocycles. The van der Waals surface area contributed by atoms with Crippen LogP contribution >= 0.6 is 0 Å². The molecule has 1 aliphatic heterocycles. The maximum absolute atomic E-state index is 12.0. The number of hydrogen-bond donors (Lipinski definition) is 2. The molecular formula is C24H24N6O. The van der Waals surface area contributed by atoms with E-state index in [0.717, 1.165) is 64.9 Å². The predicted molar refractivity (Wildman–Crippen MR) is 121 cm³/mol. The second-order valence-corrected chi connectivity index (χ2v) is 8.38. The number of aromatic nitrogens is 2. The van der Waals surface area contributed by atoms with E-state index in [9.17, 15) is 4.79 Å². The molecule has 3 aromatic rings. The van der Waals surface area contributed by atoms with Crippen molar-refractivity contribution in [1.29, 1.82) is 5.26 Å². The first-order chi connectivity index (χ1) is 15.1. The summed E-state index contributed by atoms with van der Waals surface area (Å²) >= 11 is 0. The van der Waals surface area contributed by atoms with E-state index in [1.54, 1.807) is 6.20 Å². The largest absolute Gasteiger partial charge is 0.373 e. The van der Waals surface area contributed by atoms with Crippen molar-refractivity contribution in [3.8, 4) is 17.2 Å². The van der Waals surface area contributed by atoms with Gasteiger partial charge in [-0.3, -0.25) is 9.78 Å². The Morgan fingerprint density at radius 2 is 2.03 bits per heavy atom. The highest BCUT2D eigenvalue weighted by molar-refractivity contribution is 6.02. The maximum Gasteiger partial charge on any atom is 0.229 e. The number of nitriles is 1. The van der Waals surface area contributed by atoms with Gasteiger partial charge in [-0.15, -0.1) is 0 Å². The molecule has 3 heterocycles. The maximum atomic E-state index is 12.0. The molecule has 156 valence electrons. The van der Waals surface area contributed by atoms with Gasteiger partial charge in [-0.25, -0.2) is 4.98 Å². The Morgan fingerprint density at radius 3 is 2.61 bits per heavy atom. The average molecular weight is 412 g/mol. The number of carbonyl (C=O) groups excluding carboxylic acids is 1. The molecule has 1 amide bonds. The van der Waals surface area contributed by atoms with E-state index in [1.165, 1.54) is 0 Å². The number of nitrogens with two attached hydrogens (primary N) is 1. The Bertz CT molecular complexity index is 1210. The van der Waals surface area contributed by atoms with Gasteiger partial charge >= 0.3 is 0 Å². The summed E-state index contributed by atoms with van der Waals surface area (Å²) in [5.41, 5.74) is 8.95. The average Bonchev–Trinajstić information content (AvgIpc) is 3.58. The van der Waals surface area contributed by atoms with Gasteiger partial charge in [-0.1, -0.05) is 12.1 Å². The molecule has 1 atom stereocenters. The molecule has 2 fully saturated rings. The quantitative estimate of drug-likeness (QED) is 0.643. The number of primary amides is 1. The van der Waals surface area contributed by atoms with Crippen LogP contribution in [0.3, 0.4) is 0 Å². The van der Waals surface area contributed by atoms with Crippen molar-refractivity contribution in [2.45, 2.75) is 37.1 Å². The number of nitrogens with one attached hydrogen (secondary N) is 1. The Hall–Kier alpha value is -3.66. The van der Waals surface area contributed by atoms with Gasteiger partial charge in [0.05, 0.1) is 23.6 Å². The molecule has 7 heteroatoms. The van der Waals surface area contributed by atoms with Crippen LogP contribution in [-0.2, 0) is 10.2 Å². The highest BCUT2D eigenvalue weighted by Gasteiger charge is 2.51. The number of hydrogen-bond acceptors (Lipinski definition) is 6. The van der Waals surface area contributed by atoms with Crippen molar-refractivity contribution >= 4 is 28.2 Å². The zero-order chi connectivity index (χ0) is 21.6. The van der Waals surface area contributed by atoms with Gasteiger partial charge in [-0.2, -0.15) is 5.26 Å². The number of fused-ring (bicyclic) bond motifs is 1. The summed E-state index contributed by atoms with van der Waals surface area (Å²) in [7, 11) is 1.83. The molecule has 0 spiro atoms. The summed E-state index contributed by atoms with van der Waals surface area (Å²) in [5.74, 6) is 0.438. The van der Waals surface area contributed by atoms with E-state index >= 15 is 0 Å². The van der Waals surface area contributed by atoms with Crippen LogP contribution < -0.4 is 16.0 Å². The van der Waals surface area contributed by atoms with Crippen LogP contribution in [0, 0.1) is 11.3 Å². The Balaban J connectivity index is 1.56. The van der Waals surface area contributed by atoms with Crippen molar-refractivity contribution < 1.29 is 4.79 Å². The molecule has 2 aromatic heterocycles. The number of amides is 1. The lowest BCUT2D eigenvalue weighted by Crippen LogP contribution is -2.47. The van der Waals surface area contributed by atoms with E-state index in [2.05, 4.69) is 50.5 Å². The minimum atomic E-state index is -0.633. The third-order valence-corrected chi connectivity index (χ3v) is 6.70. The van der Waals surface area contributed by atoms with Crippen LogP contribution in [0.15, 0.2) is 42.7 Å². The highest BCUT2D eigenvalue weighted by atomic mass is 16.1. The zero-order valence-electron chi connectivity index (χ0n) is 17.4. The minimum absolute atomic E-state index is 0.311. The molecule has 7 nitrogen and oxygen atoms in total. The molecule has 0 radical (unpaired) electrons. The van der Waals surface area contributed by atoms with Crippen molar-refractivity contribution in [1.82, 2.24) is 9.97 Å². The Morgan fingerprint density at radius 1 is 1.26 bits per heavy atom. The Kier molecular flexibility index (Phi) is 4.51. The monoisotopic (exact) mass is 412 g/mol. The van der Waals surface area contributed by atoms with Crippen LogP contribution in [0.25, 0.3) is 21.9 Å². The van der Waals surface area contributed by atoms with E-state index < -0.39 is 5.41 Å². The lowest BCUT2D eigenvalue weighted by Gasteiger charge is -2.41. The summed E-state index contributed by atoms with van der Waals surface area (Å²) in [4.78, 5) is 23.5. The Labute approximate surface area is 180 Å². The van der Waals surface area contributed by atoms with Crippen LogP contribution in [0.5, 0.6) is 0 Å². The molecule has 1 aliphatic carbocycles. The molecule has 31 heavy (non-hydrogen) atoms. The van der Waals surface area contributed by atoms with Gasteiger partial charge < -0.3 is 16.0 Å². The number of carbonyl (C=O) groups is 1. The SMILES string of the molecule is CNc1ncc(-c2ccc(N3CCC3CC#N)cc2)c2cc(C3(C(N)=O)CC3)ncc12. The van der Waals surface area contributed by atoms with Crippen LogP contribution in [0.2, 0.25) is 0 Å². The van der Waals surface area contributed by atoms with Gasteiger partial charge in [0.2, 0.25) is 5.91 Å². The highest BCUT2D eigenvalue weighted by Crippen LogP contribution is 2.48. The first-order valence-electron chi connectivity index (χ1n) is 10.6. The molecule has 0 bridgehead atoms. The van der Waals surface area contributed by atoms with E-state index in [-0.39, 0.29) is 5.91 Å². The van der Waals surface area contributed by atoms with Gasteiger partial charge in [0, 0.05) is 48.7 Å². The number of anilines is 2. The summed E-state index contributed by atoms with van der Waals surface area (Å²) in [6.45, 7) is 0.983. The van der Waals surface area contributed by atoms with Crippen molar-refractivity contribution in [2.75, 3.05) is 23.8 Å². The molecule has 2 aliphatic rings. The summed E-state index contributed by atoms with van der Waals surface area (Å²) in [6, 6.07) is 13.0. The van der Waals surface area contributed by atoms with Gasteiger partial charge in [-0.05, 0) is 48.4 Å². The first kappa shape index (κ1) is 19.3. The summed E-state index contributed by atoms with van der Waals surface area (Å²) in [5, 5.41) is 14.0. The van der Waals surface area contributed by atoms with E-state index in [4.69, 9.17) is 11.0 Å². The number of nitrogens with zero attached hydrogens (tertiary/aromatic N) is 4. The lowest BCUT2D eigenvalue weighted by atomic mass is 9.95. The minimum Gasteiger partial charge on any atom is -0.373 e.